The molecule has 1 aromatic carbocycles. The van der Waals surface area contributed by atoms with Gasteiger partial charge in [0.2, 0.25) is 0 Å². The molecule has 1 aromatic heterocycles. The number of rotatable bonds is 3. The van der Waals surface area contributed by atoms with E-state index in [1.807, 2.05) is 6.92 Å². The average Bonchev–Trinajstić information content (AvgIpc) is 2.31. The number of nitrogens with two attached hydrogens (primary N) is 1. The number of hydrogen-bond donors (Lipinski definition) is 1. The van der Waals surface area contributed by atoms with Crippen molar-refractivity contribution in [3.05, 3.63) is 52.3 Å². The number of anilines is 1. The van der Waals surface area contributed by atoms with Gasteiger partial charge in [0.15, 0.2) is 5.75 Å². The maximum atomic E-state index is 10.6. The minimum atomic E-state index is -0.503. The first kappa shape index (κ1) is 11.8. The molecular formula is C12H11N3O3. The number of nitrogen functional groups attached to an aromatic ring is 1. The molecule has 6 nitrogen and oxygen atoms in total. The van der Waals surface area contributed by atoms with Crippen molar-refractivity contribution < 1.29 is 9.66 Å². The molecule has 0 aliphatic carbocycles. The Morgan fingerprint density at radius 3 is 2.72 bits per heavy atom. The summed E-state index contributed by atoms with van der Waals surface area (Å²) in [4.78, 5) is 14.1. The van der Waals surface area contributed by atoms with Crippen molar-refractivity contribution in [3.63, 3.8) is 0 Å². The van der Waals surface area contributed by atoms with Gasteiger partial charge in [0.1, 0.15) is 5.75 Å². The van der Waals surface area contributed by atoms with Crippen molar-refractivity contribution in [1.29, 1.82) is 0 Å². The van der Waals surface area contributed by atoms with Crippen LogP contribution in [-0.4, -0.2) is 9.91 Å². The van der Waals surface area contributed by atoms with E-state index in [4.69, 9.17) is 10.5 Å². The van der Waals surface area contributed by atoms with Gasteiger partial charge in [0.05, 0.1) is 10.6 Å². The summed E-state index contributed by atoms with van der Waals surface area (Å²) >= 11 is 0. The smallest absolute Gasteiger partial charge is 0.271 e. The zero-order chi connectivity index (χ0) is 13.1. The van der Waals surface area contributed by atoms with Gasteiger partial charge in [0.25, 0.3) is 5.69 Å². The second-order valence-corrected chi connectivity index (χ2v) is 3.71. The predicted molar refractivity (Wildman–Crippen MR) is 66.6 cm³/mol. The van der Waals surface area contributed by atoms with Crippen LogP contribution in [0, 0.1) is 17.0 Å². The number of nitrogens with zero attached hydrogens (tertiary/aromatic N) is 2. The Kier molecular flexibility index (Phi) is 3.09. The van der Waals surface area contributed by atoms with E-state index in [0.717, 1.165) is 5.69 Å². The molecular weight excluding hydrogens is 234 g/mol. The summed E-state index contributed by atoms with van der Waals surface area (Å²) < 4.78 is 5.54. The van der Waals surface area contributed by atoms with Crippen molar-refractivity contribution in [2.24, 2.45) is 0 Å². The Morgan fingerprint density at radius 2 is 2.11 bits per heavy atom. The Balaban J connectivity index is 2.27. The van der Waals surface area contributed by atoms with Crippen LogP contribution in [0.5, 0.6) is 11.5 Å². The number of non-ortho nitro benzene ring substituents is 1. The lowest BCUT2D eigenvalue weighted by molar-refractivity contribution is -0.384. The minimum absolute atomic E-state index is 0.0641. The topological polar surface area (TPSA) is 91.3 Å². The highest BCUT2D eigenvalue weighted by Gasteiger charge is 2.10. The van der Waals surface area contributed by atoms with Crippen molar-refractivity contribution >= 4 is 11.4 Å². The molecule has 2 rings (SSSR count). The molecule has 0 spiro atoms. The number of benzene rings is 1. The maximum Gasteiger partial charge on any atom is 0.271 e. The predicted octanol–water partition coefficient (Wildman–Crippen LogP) is 2.67. The summed E-state index contributed by atoms with van der Waals surface area (Å²) in [5.41, 5.74) is 6.67. The minimum Gasteiger partial charge on any atom is -0.455 e. The third-order valence-corrected chi connectivity index (χ3v) is 2.30. The van der Waals surface area contributed by atoms with Crippen LogP contribution < -0.4 is 10.5 Å². The summed E-state index contributed by atoms with van der Waals surface area (Å²) in [7, 11) is 0. The summed E-state index contributed by atoms with van der Waals surface area (Å²) in [6, 6.07) is 7.53. The van der Waals surface area contributed by atoms with Crippen LogP contribution in [0.15, 0.2) is 36.5 Å². The third-order valence-electron chi connectivity index (χ3n) is 2.30. The second-order valence-electron chi connectivity index (χ2n) is 3.71. The van der Waals surface area contributed by atoms with Gasteiger partial charge in [-0.2, -0.15) is 0 Å². The summed E-state index contributed by atoms with van der Waals surface area (Å²) in [6.07, 6.45) is 1.62. The van der Waals surface area contributed by atoms with Crippen molar-refractivity contribution in [3.8, 4) is 11.5 Å². The monoisotopic (exact) mass is 245 g/mol. The number of aromatic nitrogens is 1. The molecule has 0 radical (unpaired) electrons. The first-order valence-corrected chi connectivity index (χ1v) is 5.20. The van der Waals surface area contributed by atoms with Gasteiger partial charge in [-0.1, -0.05) is 0 Å². The Bertz CT molecular complexity index is 599. The second kappa shape index (κ2) is 4.70. The maximum absolute atomic E-state index is 10.6. The number of hydrogen-bond acceptors (Lipinski definition) is 5. The molecule has 0 atom stereocenters. The molecule has 1 heterocycles. The van der Waals surface area contributed by atoms with Crippen LogP contribution in [-0.2, 0) is 0 Å². The molecule has 6 heteroatoms. The van der Waals surface area contributed by atoms with E-state index >= 15 is 0 Å². The number of nitro benzene ring substituents is 1. The molecule has 0 aliphatic rings. The van der Waals surface area contributed by atoms with Gasteiger partial charge in [-0.05, 0) is 19.1 Å². The summed E-state index contributed by atoms with van der Waals surface area (Å²) in [5, 5.41) is 10.6. The van der Waals surface area contributed by atoms with E-state index < -0.39 is 4.92 Å². The van der Waals surface area contributed by atoms with Crippen LogP contribution >= 0.6 is 0 Å². The van der Waals surface area contributed by atoms with E-state index in [0.29, 0.717) is 11.5 Å². The van der Waals surface area contributed by atoms with Gasteiger partial charge in [-0.3, -0.25) is 15.1 Å². The van der Waals surface area contributed by atoms with Gasteiger partial charge in [-0.25, -0.2) is 0 Å². The summed E-state index contributed by atoms with van der Waals surface area (Å²) in [6.45, 7) is 1.84. The molecule has 0 fully saturated rings. The fourth-order valence-corrected chi connectivity index (χ4v) is 1.45. The van der Waals surface area contributed by atoms with Crippen LogP contribution in [0.1, 0.15) is 5.69 Å². The molecule has 0 amide bonds. The number of ether oxygens (including phenoxy) is 1. The van der Waals surface area contributed by atoms with Crippen LogP contribution in [0.3, 0.4) is 0 Å². The third kappa shape index (κ3) is 2.54. The zero-order valence-electron chi connectivity index (χ0n) is 9.66. The normalized spacial score (nSPS) is 10.1. The van der Waals surface area contributed by atoms with Crippen LogP contribution in [0.25, 0.3) is 0 Å². The number of nitro groups is 1. The highest BCUT2D eigenvalue weighted by molar-refractivity contribution is 5.59. The van der Waals surface area contributed by atoms with Crippen molar-refractivity contribution in [1.82, 2.24) is 4.98 Å². The molecule has 0 aliphatic heterocycles. The van der Waals surface area contributed by atoms with Crippen LogP contribution in [0.4, 0.5) is 11.4 Å². The number of pyridine rings is 1. The van der Waals surface area contributed by atoms with E-state index in [2.05, 4.69) is 4.98 Å². The standard InChI is InChI=1S/C12H11N3O3/c1-8-6-10(4-5-14-8)18-12-3-2-9(15(16)17)7-11(12)13/h2-7H,13H2,1H3. The Morgan fingerprint density at radius 1 is 1.33 bits per heavy atom. The first-order chi connectivity index (χ1) is 8.56. The fourth-order valence-electron chi connectivity index (χ4n) is 1.45. The molecule has 2 N–H and O–H groups in total. The van der Waals surface area contributed by atoms with E-state index in [1.165, 1.54) is 18.2 Å². The zero-order valence-corrected chi connectivity index (χ0v) is 9.66. The lowest BCUT2D eigenvalue weighted by atomic mass is 10.2. The SMILES string of the molecule is Cc1cc(Oc2ccc([N+](=O)[O-])cc2N)ccn1. The molecule has 92 valence electrons. The Labute approximate surface area is 103 Å². The molecule has 18 heavy (non-hydrogen) atoms. The molecule has 2 aromatic rings. The lowest BCUT2D eigenvalue weighted by Gasteiger charge is -2.08. The van der Waals surface area contributed by atoms with Crippen LogP contribution in [0.2, 0.25) is 0 Å². The quantitative estimate of drug-likeness (QED) is 0.510. The number of aryl methyl sites for hydroxylation is 1. The Hall–Kier alpha value is -2.63. The van der Waals surface area contributed by atoms with Crippen molar-refractivity contribution in [2.45, 2.75) is 6.92 Å². The molecule has 0 bridgehead atoms. The van der Waals surface area contributed by atoms with E-state index in [9.17, 15) is 10.1 Å². The molecule has 0 saturated carbocycles. The molecule has 0 saturated heterocycles. The highest BCUT2D eigenvalue weighted by atomic mass is 16.6. The highest BCUT2D eigenvalue weighted by Crippen LogP contribution is 2.30. The van der Waals surface area contributed by atoms with Gasteiger partial charge in [-0.15, -0.1) is 0 Å². The molecule has 0 unspecified atom stereocenters. The first-order valence-electron chi connectivity index (χ1n) is 5.20. The average molecular weight is 245 g/mol. The largest absolute Gasteiger partial charge is 0.455 e. The van der Waals surface area contributed by atoms with Gasteiger partial charge in [0, 0.05) is 30.1 Å². The van der Waals surface area contributed by atoms with Gasteiger partial charge < -0.3 is 10.5 Å². The van der Waals surface area contributed by atoms with Gasteiger partial charge >= 0.3 is 0 Å². The fraction of sp³-hybridized carbons (Fsp3) is 0.0833. The van der Waals surface area contributed by atoms with E-state index in [1.54, 1.807) is 18.3 Å². The van der Waals surface area contributed by atoms with Crippen molar-refractivity contribution in [2.75, 3.05) is 5.73 Å². The lowest BCUT2D eigenvalue weighted by Crippen LogP contribution is -1.95. The van der Waals surface area contributed by atoms with E-state index in [-0.39, 0.29) is 11.4 Å². The summed E-state index contributed by atoms with van der Waals surface area (Å²) in [5.74, 6) is 0.967.